The standard InChI is InChI=1S/C17H26O3S/c1-4-14-12-16(21-11-10-13(3)18)8-6-15(14)7-9-17(19)20-5-2/h6,8,12-13,18H,4-5,7,9-11H2,1-3H3/t13-/m1/s1. The predicted octanol–water partition coefficient (Wildman–Crippen LogP) is 3.61. The third-order valence-electron chi connectivity index (χ3n) is 3.27. The molecule has 0 aromatic heterocycles. The van der Waals surface area contributed by atoms with E-state index < -0.39 is 0 Å². The first-order valence-electron chi connectivity index (χ1n) is 7.65. The van der Waals surface area contributed by atoms with Gasteiger partial charge in [0.15, 0.2) is 0 Å². The SMILES string of the molecule is CCOC(=O)CCc1ccc(SCC[C@@H](C)O)cc1CC. The normalized spacial score (nSPS) is 12.2. The van der Waals surface area contributed by atoms with Gasteiger partial charge in [0.2, 0.25) is 0 Å². The Morgan fingerprint density at radius 1 is 1.33 bits per heavy atom. The summed E-state index contributed by atoms with van der Waals surface area (Å²) in [5.41, 5.74) is 2.52. The highest BCUT2D eigenvalue weighted by Crippen LogP contribution is 2.24. The minimum atomic E-state index is -0.244. The monoisotopic (exact) mass is 310 g/mol. The van der Waals surface area contributed by atoms with Gasteiger partial charge in [0.05, 0.1) is 12.7 Å². The molecule has 0 unspecified atom stereocenters. The van der Waals surface area contributed by atoms with Crippen LogP contribution in [0.1, 0.15) is 44.7 Å². The van der Waals surface area contributed by atoms with Crippen molar-refractivity contribution in [2.45, 2.75) is 57.5 Å². The van der Waals surface area contributed by atoms with Gasteiger partial charge in [-0.2, -0.15) is 0 Å². The molecule has 0 saturated carbocycles. The minimum Gasteiger partial charge on any atom is -0.466 e. The van der Waals surface area contributed by atoms with Crippen LogP contribution in [0, 0.1) is 0 Å². The van der Waals surface area contributed by atoms with E-state index in [-0.39, 0.29) is 12.1 Å². The Labute approximate surface area is 132 Å². The first kappa shape index (κ1) is 18.1. The number of aliphatic hydroxyl groups is 1. The zero-order chi connectivity index (χ0) is 15.7. The molecular formula is C17H26O3S. The summed E-state index contributed by atoms with van der Waals surface area (Å²) in [5.74, 6) is 0.790. The van der Waals surface area contributed by atoms with Crippen molar-refractivity contribution in [2.75, 3.05) is 12.4 Å². The number of hydrogen-bond donors (Lipinski definition) is 1. The molecule has 0 radical (unpaired) electrons. The number of aryl methyl sites for hydroxylation is 2. The van der Waals surface area contributed by atoms with E-state index in [4.69, 9.17) is 4.74 Å². The van der Waals surface area contributed by atoms with E-state index in [1.54, 1.807) is 11.8 Å². The number of carbonyl (C=O) groups excluding carboxylic acids is 1. The average Bonchev–Trinajstić information content (AvgIpc) is 2.45. The van der Waals surface area contributed by atoms with Gasteiger partial charge in [0.1, 0.15) is 0 Å². The molecule has 118 valence electrons. The summed E-state index contributed by atoms with van der Waals surface area (Å²) in [6.07, 6.45) is 2.70. The predicted molar refractivity (Wildman–Crippen MR) is 87.8 cm³/mol. The lowest BCUT2D eigenvalue weighted by molar-refractivity contribution is -0.143. The van der Waals surface area contributed by atoms with Gasteiger partial charge >= 0.3 is 5.97 Å². The molecule has 1 atom stereocenters. The van der Waals surface area contributed by atoms with Crippen LogP contribution < -0.4 is 0 Å². The zero-order valence-electron chi connectivity index (χ0n) is 13.2. The molecule has 1 aromatic carbocycles. The topological polar surface area (TPSA) is 46.5 Å². The Morgan fingerprint density at radius 3 is 2.71 bits per heavy atom. The average molecular weight is 310 g/mol. The van der Waals surface area contributed by atoms with E-state index in [9.17, 15) is 9.90 Å². The van der Waals surface area contributed by atoms with Crippen molar-refractivity contribution >= 4 is 17.7 Å². The maximum atomic E-state index is 11.4. The largest absolute Gasteiger partial charge is 0.466 e. The number of esters is 1. The molecule has 0 aliphatic heterocycles. The van der Waals surface area contributed by atoms with Crippen LogP contribution in [0.5, 0.6) is 0 Å². The molecule has 0 amide bonds. The van der Waals surface area contributed by atoms with E-state index in [1.807, 2.05) is 13.8 Å². The van der Waals surface area contributed by atoms with Gasteiger partial charge in [-0.05, 0) is 56.4 Å². The number of thioether (sulfide) groups is 1. The summed E-state index contributed by atoms with van der Waals surface area (Å²) in [6, 6.07) is 6.42. The summed E-state index contributed by atoms with van der Waals surface area (Å²) >= 11 is 1.77. The molecule has 1 aromatic rings. The third kappa shape index (κ3) is 7.00. The van der Waals surface area contributed by atoms with Gasteiger partial charge < -0.3 is 9.84 Å². The van der Waals surface area contributed by atoms with Crippen LogP contribution in [0.3, 0.4) is 0 Å². The lowest BCUT2D eigenvalue weighted by Crippen LogP contribution is -2.06. The molecule has 3 nitrogen and oxygen atoms in total. The van der Waals surface area contributed by atoms with Crippen LogP contribution in [0.15, 0.2) is 23.1 Å². The minimum absolute atomic E-state index is 0.130. The molecule has 0 heterocycles. The number of rotatable bonds is 9. The fourth-order valence-electron chi connectivity index (χ4n) is 2.08. The molecule has 0 saturated heterocycles. The molecule has 1 N–H and O–H groups in total. The van der Waals surface area contributed by atoms with Crippen LogP contribution in [-0.4, -0.2) is 29.5 Å². The Balaban J connectivity index is 2.59. The molecule has 0 spiro atoms. The van der Waals surface area contributed by atoms with Gasteiger partial charge in [0.25, 0.3) is 0 Å². The first-order valence-corrected chi connectivity index (χ1v) is 8.63. The highest BCUT2D eigenvalue weighted by atomic mass is 32.2. The fraction of sp³-hybridized carbons (Fsp3) is 0.588. The first-order chi connectivity index (χ1) is 10.1. The van der Waals surface area contributed by atoms with Crippen LogP contribution in [0.2, 0.25) is 0 Å². The Bertz CT molecular complexity index is 444. The lowest BCUT2D eigenvalue weighted by atomic mass is 10.0. The molecule has 21 heavy (non-hydrogen) atoms. The van der Waals surface area contributed by atoms with E-state index in [2.05, 4.69) is 25.1 Å². The van der Waals surface area contributed by atoms with Crippen LogP contribution in [0.25, 0.3) is 0 Å². The second-order valence-electron chi connectivity index (χ2n) is 5.08. The smallest absolute Gasteiger partial charge is 0.306 e. The summed E-state index contributed by atoms with van der Waals surface area (Å²) in [6.45, 7) is 6.22. The quantitative estimate of drug-likeness (QED) is 0.559. The number of hydrogen-bond acceptors (Lipinski definition) is 4. The van der Waals surface area contributed by atoms with E-state index >= 15 is 0 Å². The maximum absolute atomic E-state index is 11.4. The third-order valence-corrected chi connectivity index (χ3v) is 4.29. The summed E-state index contributed by atoms with van der Waals surface area (Å²) < 4.78 is 4.97. The second kappa shape index (κ2) is 9.85. The molecule has 0 aliphatic carbocycles. The van der Waals surface area contributed by atoms with E-state index in [0.29, 0.717) is 13.0 Å². The van der Waals surface area contributed by atoms with E-state index in [0.717, 1.165) is 25.0 Å². The molecule has 0 bridgehead atoms. The van der Waals surface area contributed by atoms with Gasteiger partial charge in [-0.15, -0.1) is 11.8 Å². The fourth-order valence-corrected chi connectivity index (χ4v) is 3.17. The maximum Gasteiger partial charge on any atom is 0.306 e. The van der Waals surface area contributed by atoms with Crippen molar-refractivity contribution in [3.8, 4) is 0 Å². The number of benzene rings is 1. The molecule has 1 rings (SSSR count). The molecule has 0 fully saturated rings. The van der Waals surface area contributed by atoms with Crippen molar-refractivity contribution in [1.29, 1.82) is 0 Å². The molecule has 4 heteroatoms. The summed E-state index contributed by atoms with van der Waals surface area (Å²) in [4.78, 5) is 12.7. The van der Waals surface area contributed by atoms with Gasteiger partial charge in [-0.3, -0.25) is 4.79 Å². The Hall–Kier alpha value is -1.00. The Kier molecular flexibility index (Phi) is 8.47. The number of carbonyl (C=O) groups is 1. The summed E-state index contributed by atoms with van der Waals surface area (Å²) in [7, 11) is 0. The van der Waals surface area contributed by atoms with Crippen molar-refractivity contribution < 1.29 is 14.6 Å². The molecule has 0 aliphatic rings. The highest BCUT2D eigenvalue weighted by molar-refractivity contribution is 7.99. The Morgan fingerprint density at radius 2 is 2.10 bits per heavy atom. The second-order valence-corrected chi connectivity index (χ2v) is 6.24. The van der Waals surface area contributed by atoms with Crippen LogP contribution >= 0.6 is 11.8 Å². The summed E-state index contributed by atoms with van der Waals surface area (Å²) in [5, 5.41) is 9.28. The van der Waals surface area contributed by atoms with E-state index in [1.165, 1.54) is 16.0 Å². The van der Waals surface area contributed by atoms with Crippen molar-refractivity contribution in [3.63, 3.8) is 0 Å². The molecular weight excluding hydrogens is 284 g/mol. The van der Waals surface area contributed by atoms with Gasteiger partial charge in [0, 0.05) is 17.1 Å². The van der Waals surface area contributed by atoms with Crippen LogP contribution in [-0.2, 0) is 22.4 Å². The van der Waals surface area contributed by atoms with Crippen LogP contribution in [0.4, 0.5) is 0 Å². The van der Waals surface area contributed by atoms with Crippen molar-refractivity contribution in [2.24, 2.45) is 0 Å². The number of aliphatic hydroxyl groups excluding tert-OH is 1. The van der Waals surface area contributed by atoms with Crippen molar-refractivity contribution in [3.05, 3.63) is 29.3 Å². The van der Waals surface area contributed by atoms with Gasteiger partial charge in [-0.25, -0.2) is 0 Å². The highest BCUT2D eigenvalue weighted by Gasteiger charge is 2.07. The van der Waals surface area contributed by atoms with Gasteiger partial charge in [-0.1, -0.05) is 13.0 Å². The zero-order valence-corrected chi connectivity index (χ0v) is 14.0. The number of ether oxygens (including phenoxy) is 1. The van der Waals surface area contributed by atoms with Crippen molar-refractivity contribution in [1.82, 2.24) is 0 Å². The lowest BCUT2D eigenvalue weighted by Gasteiger charge is -2.11.